The number of hydrogen-bond donors (Lipinski definition) is 1. The molecule has 0 unspecified atom stereocenters. The molecule has 2 heterocycles. The number of hydrogen-bond acceptors (Lipinski definition) is 2. The summed E-state index contributed by atoms with van der Waals surface area (Å²) < 4.78 is 2.12. The van der Waals surface area contributed by atoms with E-state index in [4.69, 9.17) is 5.11 Å². The summed E-state index contributed by atoms with van der Waals surface area (Å²) in [6, 6.07) is 14.2. The highest BCUT2D eigenvalue weighted by Crippen LogP contribution is 2.44. The minimum atomic E-state index is -0.800. The highest BCUT2D eigenvalue weighted by Gasteiger charge is 2.21. The minimum Gasteiger partial charge on any atom is -0.481 e. The monoisotopic (exact) mass is 281 g/mol. The predicted molar refractivity (Wildman–Crippen MR) is 78.7 cm³/mol. The standard InChI is InChI=1S/C16H11NO2S/c18-14(19)9-11-4-2-6-13-16(11)17-8-7-10-3-1-5-12(20-13)15(10)17/h1-8H,9H2,(H,18,19). The summed E-state index contributed by atoms with van der Waals surface area (Å²) in [6.45, 7) is 0. The van der Waals surface area contributed by atoms with E-state index in [2.05, 4.69) is 28.8 Å². The molecule has 1 aliphatic heterocycles. The average molecular weight is 281 g/mol. The number of para-hydroxylation sites is 2. The van der Waals surface area contributed by atoms with Gasteiger partial charge in [-0.15, -0.1) is 0 Å². The molecule has 3 nitrogen and oxygen atoms in total. The van der Waals surface area contributed by atoms with Gasteiger partial charge in [-0.3, -0.25) is 4.79 Å². The zero-order chi connectivity index (χ0) is 13.7. The first-order valence-electron chi connectivity index (χ1n) is 6.36. The Morgan fingerprint density at radius 1 is 1.10 bits per heavy atom. The van der Waals surface area contributed by atoms with Gasteiger partial charge in [0, 0.05) is 21.4 Å². The molecule has 3 aromatic rings. The van der Waals surface area contributed by atoms with Gasteiger partial charge in [0.05, 0.1) is 17.6 Å². The second-order valence-corrected chi connectivity index (χ2v) is 5.90. The van der Waals surface area contributed by atoms with Crippen LogP contribution in [0.1, 0.15) is 5.56 Å². The Morgan fingerprint density at radius 2 is 1.90 bits per heavy atom. The van der Waals surface area contributed by atoms with Crippen LogP contribution < -0.4 is 0 Å². The molecule has 4 heteroatoms. The summed E-state index contributed by atoms with van der Waals surface area (Å²) in [5, 5.41) is 10.3. The van der Waals surface area contributed by atoms with Crippen molar-refractivity contribution in [2.75, 3.05) is 0 Å². The van der Waals surface area contributed by atoms with Crippen molar-refractivity contribution in [2.45, 2.75) is 16.2 Å². The molecule has 1 N–H and O–H groups in total. The third-order valence-corrected chi connectivity index (χ3v) is 4.66. The normalized spacial score (nSPS) is 12.4. The maximum atomic E-state index is 11.1. The molecule has 20 heavy (non-hydrogen) atoms. The molecule has 2 aromatic carbocycles. The Kier molecular flexibility index (Phi) is 2.41. The van der Waals surface area contributed by atoms with Crippen molar-refractivity contribution in [3.05, 3.63) is 54.2 Å². The van der Waals surface area contributed by atoms with Crippen LogP contribution in [0.2, 0.25) is 0 Å². The third kappa shape index (κ3) is 1.58. The molecular formula is C16H11NO2S. The Balaban J connectivity index is 2.05. The summed E-state index contributed by atoms with van der Waals surface area (Å²) in [5.41, 5.74) is 3.03. The molecule has 0 radical (unpaired) electrons. The first kappa shape index (κ1) is 11.6. The van der Waals surface area contributed by atoms with Gasteiger partial charge in [0.25, 0.3) is 0 Å². The van der Waals surface area contributed by atoms with Crippen LogP contribution in [-0.2, 0) is 11.2 Å². The van der Waals surface area contributed by atoms with Crippen molar-refractivity contribution in [2.24, 2.45) is 0 Å². The summed E-state index contributed by atoms with van der Waals surface area (Å²) >= 11 is 1.71. The van der Waals surface area contributed by atoms with Crippen LogP contribution in [-0.4, -0.2) is 15.6 Å². The van der Waals surface area contributed by atoms with E-state index < -0.39 is 5.97 Å². The molecule has 1 aromatic heterocycles. The van der Waals surface area contributed by atoms with Gasteiger partial charge in [-0.2, -0.15) is 0 Å². The number of benzene rings is 2. The summed E-state index contributed by atoms with van der Waals surface area (Å²) in [7, 11) is 0. The van der Waals surface area contributed by atoms with Crippen molar-refractivity contribution in [3.8, 4) is 5.69 Å². The zero-order valence-electron chi connectivity index (χ0n) is 10.5. The molecule has 98 valence electrons. The maximum Gasteiger partial charge on any atom is 0.307 e. The number of aliphatic carboxylic acids is 1. The van der Waals surface area contributed by atoms with Crippen LogP contribution in [0.25, 0.3) is 16.6 Å². The number of carbonyl (C=O) groups is 1. The van der Waals surface area contributed by atoms with Gasteiger partial charge in [-0.05, 0) is 23.8 Å². The Labute approximate surface area is 119 Å². The lowest BCUT2D eigenvalue weighted by Gasteiger charge is -2.21. The molecule has 0 atom stereocenters. The van der Waals surface area contributed by atoms with E-state index in [0.29, 0.717) is 0 Å². The number of carboxylic acid groups (broad SMARTS) is 1. The number of fused-ring (bicyclic) bond motifs is 2. The van der Waals surface area contributed by atoms with Crippen LogP contribution in [0.3, 0.4) is 0 Å². The number of aromatic nitrogens is 1. The maximum absolute atomic E-state index is 11.1. The second-order valence-electron chi connectivity index (χ2n) is 4.82. The fourth-order valence-electron chi connectivity index (χ4n) is 2.78. The van der Waals surface area contributed by atoms with Gasteiger partial charge in [0.2, 0.25) is 0 Å². The lowest BCUT2D eigenvalue weighted by Crippen LogP contribution is -2.08. The quantitative estimate of drug-likeness (QED) is 0.609. The van der Waals surface area contributed by atoms with Crippen LogP contribution in [0, 0.1) is 0 Å². The lowest BCUT2D eigenvalue weighted by molar-refractivity contribution is -0.136. The highest BCUT2D eigenvalue weighted by molar-refractivity contribution is 7.99. The van der Waals surface area contributed by atoms with E-state index >= 15 is 0 Å². The molecule has 0 bridgehead atoms. The first-order chi connectivity index (χ1) is 9.74. The van der Waals surface area contributed by atoms with Gasteiger partial charge in [0.15, 0.2) is 0 Å². The average Bonchev–Trinajstić information content (AvgIpc) is 2.84. The molecule has 0 amide bonds. The second kappa shape index (κ2) is 4.15. The lowest BCUT2D eigenvalue weighted by atomic mass is 10.1. The van der Waals surface area contributed by atoms with Crippen LogP contribution in [0.15, 0.2) is 58.5 Å². The van der Waals surface area contributed by atoms with Crippen molar-refractivity contribution in [1.82, 2.24) is 4.57 Å². The highest BCUT2D eigenvalue weighted by atomic mass is 32.2. The van der Waals surface area contributed by atoms with Crippen LogP contribution in [0.4, 0.5) is 0 Å². The number of rotatable bonds is 2. The van der Waals surface area contributed by atoms with Crippen molar-refractivity contribution in [1.29, 1.82) is 0 Å². The molecule has 1 aliphatic rings. The van der Waals surface area contributed by atoms with E-state index in [1.54, 1.807) is 11.8 Å². The summed E-state index contributed by atoms with van der Waals surface area (Å²) in [6.07, 6.45) is 2.07. The molecule has 0 spiro atoms. The molecular weight excluding hydrogens is 270 g/mol. The zero-order valence-corrected chi connectivity index (χ0v) is 11.4. The van der Waals surface area contributed by atoms with Gasteiger partial charge < -0.3 is 9.67 Å². The van der Waals surface area contributed by atoms with Crippen molar-refractivity contribution in [3.63, 3.8) is 0 Å². The van der Waals surface area contributed by atoms with Gasteiger partial charge in [-0.1, -0.05) is 36.0 Å². The first-order valence-corrected chi connectivity index (χ1v) is 7.18. The largest absolute Gasteiger partial charge is 0.481 e. The van der Waals surface area contributed by atoms with Crippen molar-refractivity contribution < 1.29 is 9.90 Å². The topological polar surface area (TPSA) is 42.2 Å². The van der Waals surface area contributed by atoms with Gasteiger partial charge in [-0.25, -0.2) is 0 Å². The fourth-order valence-corrected chi connectivity index (χ4v) is 3.95. The van der Waals surface area contributed by atoms with E-state index in [9.17, 15) is 4.79 Å². The molecule has 4 rings (SSSR count). The van der Waals surface area contributed by atoms with E-state index in [1.165, 1.54) is 15.8 Å². The predicted octanol–water partition coefficient (Wildman–Crippen LogP) is 3.72. The Bertz CT molecular complexity index is 851. The minimum absolute atomic E-state index is 0.0472. The smallest absolute Gasteiger partial charge is 0.307 e. The Morgan fingerprint density at radius 3 is 2.75 bits per heavy atom. The van der Waals surface area contributed by atoms with E-state index in [-0.39, 0.29) is 6.42 Å². The molecule has 0 fully saturated rings. The molecule has 0 saturated heterocycles. The molecule has 0 aliphatic carbocycles. The number of nitrogens with zero attached hydrogens (tertiary/aromatic N) is 1. The Hall–Kier alpha value is -2.20. The third-order valence-electron chi connectivity index (χ3n) is 3.56. The van der Waals surface area contributed by atoms with Gasteiger partial charge >= 0.3 is 5.97 Å². The fraction of sp³-hybridized carbons (Fsp3) is 0.0625. The number of carboxylic acids is 1. The van der Waals surface area contributed by atoms with E-state index in [1.807, 2.05) is 24.4 Å². The van der Waals surface area contributed by atoms with Crippen molar-refractivity contribution >= 4 is 28.6 Å². The van der Waals surface area contributed by atoms with Crippen LogP contribution >= 0.6 is 11.8 Å². The van der Waals surface area contributed by atoms with Crippen LogP contribution in [0.5, 0.6) is 0 Å². The summed E-state index contributed by atoms with van der Waals surface area (Å²) in [4.78, 5) is 13.4. The van der Waals surface area contributed by atoms with E-state index in [0.717, 1.165) is 16.1 Å². The SMILES string of the molecule is O=C(O)Cc1cccc2c1-n1ccc3cccc(c31)S2. The molecule has 0 saturated carbocycles. The van der Waals surface area contributed by atoms with Gasteiger partial charge in [0.1, 0.15) is 0 Å². The summed E-state index contributed by atoms with van der Waals surface area (Å²) in [5.74, 6) is -0.800.